The molecule has 1 aliphatic heterocycles. The van der Waals surface area contributed by atoms with E-state index < -0.39 is 12.1 Å². The molecule has 9 heteroatoms. The number of carbonyl (C=O) groups excluding carboxylic acids is 2. The minimum absolute atomic E-state index is 0.116. The van der Waals surface area contributed by atoms with E-state index in [1.54, 1.807) is 0 Å². The van der Waals surface area contributed by atoms with E-state index >= 15 is 0 Å². The van der Waals surface area contributed by atoms with Crippen LogP contribution in [0.2, 0.25) is 0 Å². The molecule has 1 atom stereocenters. The van der Waals surface area contributed by atoms with Crippen molar-refractivity contribution in [3.63, 3.8) is 0 Å². The van der Waals surface area contributed by atoms with E-state index in [-0.39, 0.29) is 30.0 Å². The Labute approximate surface area is 169 Å². The third-order valence-electron chi connectivity index (χ3n) is 5.07. The summed E-state index contributed by atoms with van der Waals surface area (Å²) in [5.41, 5.74) is 2.49. The lowest BCUT2D eigenvalue weighted by Gasteiger charge is -2.10. The summed E-state index contributed by atoms with van der Waals surface area (Å²) in [7, 11) is 0. The van der Waals surface area contributed by atoms with Crippen LogP contribution in [0.15, 0.2) is 59.3 Å². The number of fused-ring (bicyclic) bond motifs is 1. The van der Waals surface area contributed by atoms with Crippen molar-refractivity contribution in [3.8, 4) is 11.4 Å². The summed E-state index contributed by atoms with van der Waals surface area (Å²) >= 11 is 0. The molecule has 30 heavy (non-hydrogen) atoms. The fourth-order valence-corrected chi connectivity index (χ4v) is 3.56. The summed E-state index contributed by atoms with van der Waals surface area (Å²) in [5.74, 6) is -0.354. The summed E-state index contributed by atoms with van der Waals surface area (Å²) in [4.78, 5) is 33.6. The summed E-state index contributed by atoms with van der Waals surface area (Å²) in [6.07, 6.45) is 2.22. The van der Waals surface area contributed by atoms with Gasteiger partial charge in [-0.25, -0.2) is 9.18 Å². The third-order valence-corrected chi connectivity index (χ3v) is 5.07. The van der Waals surface area contributed by atoms with E-state index in [1.807, 2.05) is 30.5 Å². The van der Waals surface area contributed by atoms with E-state index in [0.29, 0.717) is 12.0 Å². The highest BCUT2D eigenvalue weighted by Gasteiger charge is 2.39. The number of hydrogen-bond acceptors (Lipinski definition) is 5. The van der Waals surface area contributed by atoms with Crippen molar-refractivity contribution in [1.82, 2.24) is 25.3 Å². The number of aromatic nitrogens is 3. The molecule has 3 amide bonds. The third kappa shape index (κ3) is 3.20. The molecule has 5 rings (SSSR count). The Hall–Kier alpha value is -4.01. The molecule has 2 aromatic carbocycles. The number of nitrogens with zero attached hydrogens (tertiary/aromatic N) is 3. The maximum absolute atomic E-state index is 13.1. The second-order valence-electron chi connectivity index (χ2n) is 7.01. The number of aromatic amines is 1. The van der Waals surface area contributed by atoms with Gasteiger partial charge in [-0.2, -0.15) is 4.98 Å². The van der Waals surface area contributed by atoms with Crippen LogP contribution in [-0.4, -0.2) is 38.0 Å². The number of urea groups is 1. The molecule has 8 nitrogen and oxygen atoms in total. The van der Waals surface area contributed by atoms with Crippen LogP contribution in [0.25, 0.3) is 22.3 Å². The lowest BCUT2D eigenvalue weighted by atomic mass is 10.1. The van der Waals surface area contributed by atoms with Crippen molar-refractivity contribution in [2.45, 2.75) is 19.0 Å². The molecule has 0 spiro atoms. The van der Waals surface area contributed by atoms with E-state index in [4.69, 9.17) is 4.52 Å². The second-order valence-corrected chi connectivity index (χ2v) is 7.01. The quantitative estimate of drug-likeness (QED) is 0.497. The van der Waals surface area contributed by atoms with Gasteiger partial charge in [-0.1, -0.05) is 23.4 Å². The average molecular weight is 405 g/mol. The van der Waals surface area contributed by atoms with Crippen LogP contribution < -0.4 is 5.32 Å². The predicted molar refractivity (Wildman–Crippen MR) is 105 cm³/mol. The summed E-state index contributed by atoms with van der Waals surface area (Å²) in [6.45, 7) is -0.136. The molecule has 1 aliphatic rings. The molecule has 2 aromatic heterocycles. The van der Waals surface area contributed by atoms with Crippen molar-refractivity contribution in [1.29, 1.82) is 0 Å². The van der Waals surface area contributed by atoms with Gasteiger partial charge in [0.15, 0.2) is 0 Å². The Morgan fingerprint density at radius 3 is 2.73 bits per heavy atom. The smallest absolute Gasteiger partial charge is 0.325 e. The summed E-state index contributed by atoms with van der Waals surface area (Å²) in [5, 5.41) is 7.57. The van der Waals surface area contributed by atoms with Gasteiger partial charge >= 0.3 is 6.03 Å². The zero-order valence-electron chi connectivity index (χ0n) is 15.6. The van der Waals surface area contributed by atoms with Crippen LogP contribution in [0.5, 0.6) is 0 Å². The maximum Gasteiger partial charge on any atom is 0.325 e. The first-order valence-corrected chi connectivity index (χ1v) is 9.34. The fraction of sp³-hybridized carbons (Fsp3) is 0.143. The fourth-order valence-electron chi connectivity index (χ4n) is 3.56. The van der Waals surface area contributed by atoms with Gasteiger partial charge in [-0.15, -0.1) is 0 Å². The standard InChI is InChI=1S/C21H16FN5O3/c22-14-7-5-12(6-8-14)19-25-18(30-26-19)11-27-20(28)17(24-21(27)29)9-13-10-23-16-4-2-1-3-15(13)16/h1-8,10,17,23H,9,11H2,(H,24,29). The number of amides is 3. The van der Waals surface area contributed by atoms with Gasteiger partial charge in [0.2, 0.25) is 11.7 Å². The molecule has 150 valence electrons. The molecular weight excluding hydrogens is 389 g/mol. The van der Waals surface area contributed by atoms with Crippen LogP contribution in [0.4, 0.5) is 9.18 Å². The SMILES string of the molecule is O=C1NC(Cc2c[nH]c3ccccc23)C(=O)N1Cc1nc(-c2ccc(F)cc2)no1. The monoisotopic (exact) mass is 405 g/mol. The van der Waals surface area contributed by atoms with Crippen LogP contribution in [0.3, 0.4) is 0 Å². The van der Waals surface area contributed by atoms with Gasteiger partial charge in [-0.05, 0) is 35.9 Å². The Morgan fingerprint density at radius 1 is 1.10 bits per heavy atom. The number of rotatable bonds is 5. The highest BCUT2D eigenvalue weighted by Crippen LogP contribution is 2.22. The van der Waals surface area contributed by atoms with Crippen LogP contribution >= 0.6 is 0 Å². The van der Waals surface area contributed by atoms with E-state index in [9.17, 15) is 14.0 Å². The Morgan fingerprint density at radius 2 is 1.90 bits per heavy atom. The molecule has 0 radical (unpaired) electrons. The van der Waals surface area contributed by atoms with Gasteiger partial charge < -0.3 is 14.8 Å². The average Bonchev–Trinajstić information content (AvgIpc) is 3.44. The number of para-hydroxylation sites is 1. The first kappa shape index (κ1) is 18.0. The van der Waals surface area contributed by atoms with Crippen molar-refractivity contribution in [2.24, 2.45) is 0 Å². The van der Waals surface area contributed by atoms with Gasteiger partial charge in [0.1, 0.15) is 18.4 Å². The molecule has 0 saturated carbocycles. The molecule has 1 saturated heterocycles. The molecule has 2 N–H and O–H groups in total. The molecule has 3 heterocycles. The number of carbonyl (C=O) groups is 2. The molecular formula is C21H16FN5O3. The van der Waals surface area contributed by atoms with Crippen LogP contribution in [0, 0.1) is 5.82 Å². The van der Waals surface area contributed by atoms with E-state index in [2.05, 4.69) is 20.4 Å². The number of halogens is 1. The van der Waals surface area contributed by atoms with E-state index in [0.717, 1.165) is 21.4 Å². The van der Waals surface area contributed by atoms with Gasteiger partial charge in [0.25, 0.3) is 5.91 Å². The van der Waals surface area contributed by atoms with E-state index in [1.165, 1.54) is 24.3 Å². The zero-order valence-corrected chi connectivity index (χ0v) is 15.6. The number of imide groups is 1. The van der Waals surface area contributed by atoms with Crippen LogP contribution in [-0.2, 0) is 17.8 Å². The highest BCUT2D eigenvalue weighted by atomic mass is 19.1. The number of nitrogens with one attached hydrogen (secondary N) is 2. The first-order valence-electron chi connectivity index (χ1n) is 9.34. The predicted octanol–water partition coefficient (Wildman–Crippen LogP) is 3.02. The molecule has 4 aromatic rings. The van der Waals surface area contributed by atoms with Gasteiger partial charge in [0, 0.05) is 29.1 Å². The minimum Gasteiger partial charge on any atom is -0.361 e. The zero-order chi connectivity index (χ0) is 20.7. The van der Waals surface area contributed by atoms with Crippen molar-refractivity contribution >= 4 is 22.8 Å². The normalized spacial score (nSPS) is 16.4. The molecule has 1 unspecified atom stereocenters. The Kier molecular flexibility index (Phi) is 4.27. The van der Waals surface area contributed by atoms with Crippen LogP contribution in [0.1, 0.15) is 11.5 Å². The maximum atomic E-state index is 13.1. The lowest BCUT2D eigenvalue weighted by molar-refractivity contribution is -0.128. The lowest BCUT2D eigenvalue weighted by Crippen LogP contribution is -2.32. The van der Waals surface area contributed by atoms with Crippen molar-refractivity contribution < 1.29 is 18.5 Å². The molecule has 1 fully saturated rings. The molecule has 0 bridgehead atoms. The highest BCUT2D eigenvalue weighted by molar-refractivity contribution is 6.04. The second kappa shape index (κ2) is 7.11. The summed E-state index contributed by atoms with van der Waals surface area (Å²) < 4.78 is 18.2. The summed E-state index contributed by atoms with van der Waals surface area (Å²) in [6, 6.07) is 12.2. The molecule has 0 aliphatic carbocycles. The number of H-pyrrole nitrogens is 1. The Bertz CT molecular complexity index is 1250. The van der Waals surface area contributed by atoms with Gasteiger partial charge in [0.05, 0.1) is 0 Å². The minimum atomic E-state index is -0.670. The Balaban J connectivity index is 1.31. The van der Waals surface area contributed by atoms with Crippen molar-refractivity contribution in [2.75, 3.05) is 0 Å². The largest absolute Gasteiger partial charge is 0.361 e. The number of hydrogen-bond donors (Lipinski definition) is 2. The topological polar surface area (TPSA) is 104 Å². The van der Waals surface area contributed by atoms with Gasteiger partial charge in [-0.3, -0.25) is 9.69 Å². The number of benzene rings is 2. The van der Waals surface area contributed by atoms with Crippen molar-refractivity contribution in [3.05, 3.63) is 72.0 Å². The first-order chi connectivity index (χ1) is 14.6.